The van der Waals surface area contributed by atoms with Crippen molar-refractivity contribution in [3.63, 3.8) is 0 Å². The van der Waals surface area contributed by atoms with Crippen molar-refractivity contribution < 1.29 is 8.42 Å². The number of benzene rings is 1. The molecule has 0 radical (unpaired) electrons. The van der Waals surface area contributed by atoms with Crippen molar-refractivity contribution in [3.8, 4) is 0 Å². The Labute approximate surface area is 121 Å². The zero-order chi connectivity index (χ0) is 14.6. The quantitative estimate of drug-likeness (QED) is 0.814. The van der Waals surface area contributed by atoms with Gasteiger partial charge in [-0.05, 0) is 44.3 Å². The third-order valence-electron chi connectivity index (χ3n) is 3.50. The maximum Gasteiger partial charge on any atom is 0.240 e. The number of hydrogen-bond acceptors (Lipinski definition) is 4. The van der Waals surface area contributed by atoms with Crippen LogP contribution in [0.5, 0.6) is 0 Å². The third kappa shape index (κ3) is 4.02. The third-order valence-corrected chi connectivity index (χ3v) is 5.02. The number of likely N-dealkylation sites (tertiary alicyclic amines) is 1. The summed E-state index contributed by atoms with van der Waals surface area (Å²) < 4.78 is 27.5. The second-order valence-electron chi connectivity index (χ2n) is 5.30. The number of rotatable bonds is 6. The molecule has 0 aromatic heterocycles. The van der Waals surface area contributed by atoms with Crippen LogP contribution in [-0.4, -0.2) is 46.0 Å². The van der Waals surface area contributed by atoms with Gasteiger partial charge >= 0.3 is 0 Å². The maximum atomic E-state index is 12.4. The summed E-state index contributed by atoms with van der Waals surface area (Å²) in [5, 5.41) is 3.20. The van der Waals surface area contributed by atoms with Gasteiger partial charge in [0.2, 0.25) is 10.0 Å². The summed E-state index contributed by atoms with van der Waals surface area (Å²) in [7, 11) is -1.41. The largest absolute Gasteiger partial charge is 0.313 e. The average molecular weight is 297 g/mol. The fourth-order valence-corrected chi connectivity index (χ4v) is 3.74. The van der Waals surface area contributed by atoms with E-state index in [1.807, 2.05) is 20.0 Å². The van der Waals surface area contributed by atoms with E-state index in [-0.39, 0.29) is 6.04 Å². The SMILES string of the molecule is CCNCc1cccc(S(=O)(=O)NC2CCN(C)C2)c1. The van der Waals surface area contributed by atoms with Gasteiger partial charge in [-0.25, -0.2) is 13.1 Å². The van der Waals surface area contributed by atoms with Crippen molar-refractivity contribution in [2.75, 3.05) is 26.7 Å². The molecule has 0 aliphatic carbocycles. The van der Waals surface area contributed by atoms with E-state index in [4.69, 9.17) is 0 Å². The Morgan fingerprint density at radius 3 is 2.85 bits per heavy atom. The van der Waals surface area contributed by atoms with E-state index in [1.165, 1.54) is 0 Å². The van der Waals surface area contributed by atoms with Gasteiger partial charge in [0.05, 0.1) is 4.90 Å². The van der Waals surface area contributed by atoms with Gasteiger partial charge in [-0.3, -0.25) is 0 Å². The molecule has 1 unspecified atom stereocenters. The van der Waals surface area contributed by atoms with Crippen LogP contribution in [0, 0.1) is 0 Å². The van der Waals surface area contributed by atoms with Crippen LogP contribution in [0.4, 0.5) is 0 Å². The minimum absolute atomic E-state index is 0.0161. The lowest BCUT2D eigenvalue weighted by atomic mass is 10.2. The zero-order valence-electron chi connectivity index (χ0n) is 12.1. The molecule has 0 amide bonds. The predicted molar refractivity (Wildman–Crippen MR) is 80.0 cm³/mol. The smallest absolute Gasteiger partial charge is 0.240 e. The highest BCUT2D eigenvalue weighted by molar-refractivity contribution is 7.89. The van der Waals surface area contributed by atoms with Crippen molar-refractivity contribution >= 4 is 10.0 Å². The van der Waals surface area contributed by atoms with Gasteiger partial charge in [0, 0.05) is 19.1 Å². The number of hydrogen-bond donors (Lipinski definition) is 2. The lowest BCUT2D eigenvalue weighted by Gasteiger charge is -2.14. The van der Waals surface area contributed by atoms with Crippen molar-refractivity contribution in [3.05, 3.63) is 29.8 Å². The summed E-state index contributed by atoms with van der Waals surface area (Å²) in [6, 6.07) is 7.13. The highest BCUT2D eigenvalue weighted by Crippen LogP contribution is 2.15. The molecule has 1 atom stereocenters. The Balaban J connectivity index is 2.08. The lowest BCUT2D eigenvalue weighted by molar-refractivity contribution is 0.407. The van der Waals surface area contributed by atoms with E-state index in [0.717, 1.165) is 31.6 Å². The van der Waals surface area contributed by atoms with Crippen LogP contribution >= 0.6 is 0 Å². The molecule has 1 aliphatic rings. The first-order valence-corrected chi connectivity index (χ1v) is 8.50. The molecule has 0 saturated carbocycles. The minimum atomic E-state index is -3.42. The van der Waals surface area contributed by atoms with E-state index in [9.17, 15) is 8.42 Å². The van der Waals surface area contributed by atoms with Gasteiger partial charge < -0.3 is 10.2 Å². The molecule has 2 N–H and O–H groups in total. The Morgan fingerprint density at radius 2 is 2.20 bits per heavy atom. The summed E-state index contributed by atoms with van der Waals surface area (Å²) in [6.07, 6.45) is 0.868. The minimum Gasteiger partial charge on any atom is -0.313 e. The van der Waals surface area contributed by atoms with Gasteiger partial charge in [0.15, 0.2) is 0 Å². The van der Waals surface area contributed by atoms with E-state index in [2.05, 4.69) is 14.9 Å². The molecule has 2 rings (SSSR count). The lowest BCUT2D eigenvalue weighted by Crippen LogP contribution is -2.36. The molecular weight excluding hydrogens is 274 g/mol. The number of nitrogens with one attached hydrogen (secondary N) is 2. The summed E-state index contributed by atoms with van der Waals surface area (Å²) in [5.74, 6) is 0. The van der Waals surface area contributed by atoms with Crippen LogP contribution < -0.4 is 10.0 Å². The second-order valence-corrected chi connectivity index (χ2v) is 7.01. The van der Waals surface area contributed by atoms with Crippen molar-refractivity contribution in [1.29, 1.82) is 0 Å². The number of nitrogens with zero attached hydrogens (tertiary/aromatic N) is 1. The summed E-state index contributed by atoms with van der Waals surface area (Å²) in [6.45, 7) is 5.29. The molecule has 1 heterocycles. The van der Waals surface area contributed by atoms with Crippen LogP contribution in [0.1, 0.15) is 18.9 Å². The first-order chi connectivity index (χ1) is 9.51. The van der Waals surface area contributed by atoms with Crippen LogP contribution in [0.25, 0.3) is 0 Å². The molecule has 0 bridgehead atoms. The van der Waals surface area contributed by atoms with E-state index in [0.29, 0.717) is 11.4 Å². The number of sulfonamides is 1. The van der Waals surface area contributed by atoms with Gasteiger partial charge in [-0.1, -0.05) is 19.1 Å². The summed E-state index contributed by atoms with van der Waals surface area (Å²) >= 11 is 0. The molecule has 112 valence electrons. The van der Waals surface area contributed by atoms with Gasteiger partial charge in [-0.15, -0.1) is 0 Å². The molecule has 5 nitrogen and oxygen atoms in total. The van der Waals surface area contributed by atoms with Crippen molar-refractivity contribution in [2.24, 2.45) is 0 Å². The Kier molecular flexibility index (Phi) is 5.15. The molecule has 1 saturated heterocycles. The van der Waals surface area contributed by atoms with Crippen LogP contribution in [-0.2, 0) is 16.6 Å². The standard InChI is InChI=1S/C14H23N3O2S/c1-3-15-10-12-5-4-6-14(9-12)20(18,19)16-13-7-8-17(2)11-13/h4-6,9,13,15-16H,3,7-8,10-11H2,1-2H3. The molecule has 0 spiro atoms. The van der Waals surface area contributed by atoms with E-state index >= 15 is 0 Å². The average Bonchev–Trinajstić information content (AvgIpc) is 2.81. The molecule has 6 heteroatoms. The molecule has 1 aromatic carbocycles. The van der Waals surface area contributed by atoms with E-state index < -0.39 is 10.0 Å². The molecule has 1 aliphatic heterocycles. The van der Waals surface area contributed by atoms with Crippen molar-refractivity contribution in [2.45, 2.75) is 30.8 Å². The molecule has 1 aromatic rings. The number of likely N-dealkylation sites (N-methyl/N-ethyl adjacent to an activating group) is 1. The fraction of sp³-hybridized carbons (Fsp3) is 0.571. The van der Waals surface area contributed by atoms with Crippen LogP contribution in [0.2, 0.25) is 0 Å². The fourth-order valence-electron chi connectivity index (χ4n) is 2.41. The predicted octanol–water partition coefficient (Wildman–Crippen LogP) is 0.779. The second kappa shape index (κ2) is 6.67. The topological polar surface area (TPSA) is 61.4 Å². The summed E-state index contributed by atoms with van der Waals surface area (Å²) in [5.41, 5.74) is 0.985. The van der Waals surface area contributed by atoms with Gasteiger partial charge in [0.25, 0.3) is 0 Å². The monoisotopic (exact) mass is 297 g/mol. The Morgan fingerprint density at radius 1 is 1.40 bits per heavy atom. The van der Waals surface area contributed by atoms with Gasteiger partial charge in [0.1, 0.15) is 0 Å². The molecule has 1 fully saturated rings. The zero-order valence-corrected chi connectivity index (χ0v) is 12.9. The maximum absolute atomic E-state index is 12.4. The van der Waals surface area contributed by atoms with Crippen LogP contribution in [0.15, 0.2) is 29.2 Å². The van der Waals surface area contributed by atoms with Crippen LogP contribution in [0.3, 0.4) is 0 Å². The highest BCUT2D eigenvalue weighted by Gasteiger charge is 2.25. The molecular formula is C14H23N3O2S. The Bertz CT molecular complexity index is 545. The molecule has 20 heavy (non-hydrogen) atoms. The Hall–Kier alpha value is -0.950. The van der Waals surface area contributed by atoms with Crippen molar-refractivity contribution in [1.82, 2.24) is 14.9 Å². The first kappa shape index (κ1) is 15.4. The van der Waals surface area contributed by atoms with E-state index in [1.54, 1.807) is 18.2 Å². The van der Waals surface area contributed by atoms with Gasteiger partial charge in [-0.2, -0.15) is 0 Å². The summed E-state index contributed by atoms with van der Waals surface area (Å²) in [4.78, 5) is 2.48. The normalized spacial score (nSPS) is 20.4. The highest BCUT2D eigenvalue weighted by atomic mass is 32.2. The first-order valence-electron chi connectivity index (χ1n) is 7.02.